The zero-order valence-corrected chi connectivity index (χ0v) is 16.1. The molecule has 4 rings (SSSR count). The quantitative estimate of drug-likeness (QED) is 0.739. The van der Waals surface area contributed by atoms with Crippen LogP contribution in [0.25, 0.3) is 0 Å². The molecule has 2 fully saturated rings. The third kappa shape index (κ3) is 3.79. The van der Waals surface area contributed by atoms with Crippen molar-refractivity contribution in [1.82, 2.24) is 4.90 Å². The molecule has 150 valence electrons. The van der Waals surface area contributed by atoms with Crippen molar-refractivity contribution >= 4 is 23.4 Å². The maximum atomic E-state index is 13.4. The zero-order valence-electron chi connectivity index (χ0n) is 16.1. The van der Waals surface area contributed by atoms with Crippen LogP contribution in [0.3, 0.4) is 0 Å². The highest BCUT2D eigenvalue weighted by Gasteiger charge is 2.46. The maximum absolute atomic E-state index is 13.4. The number of benzene rings is 2. The lowest BCUT2D eigenvalue weighted by molar-refractivity contribution is -0.123. The summed E-state index contributed by atoms with van der Waals surface area (Å²) in [6.07, 6.45) is 4.64. The molecular weight excluding hydrogens is 371 g/mol. The fourth-order valence-electron chi connectivity index (χ4n) is 4.34. The van der Waals surface area contributed by atoms with E-state index in [1.54, 1.807) is 29.2 Å². The fourth-order valence-corrected chi connectivity index (χ4v) is 4.34. The molecule has 5 nitrogen and oxygen atoms in total. The van der Waals surface area contributed by atoms with Crippen molar-refractivity contribution in [1.29, 1.82) is 0 Å². The fraction of sp³-hybridized carbons (Fsp3) is 0.348. The summed E-state index contributed by atoms with van der Waals surface area (Å²) in [5.41, 5.74) is 0.846. The van der Waals surface area contributed by atoms with Crippen LogP contribution in [0.4, 0.5) is 10.1 Å². The van der Waals surface area contributed by atoms with E-state index in [4.69, 9.17) is 0 Å². The second kappa shape index (κ2) is 8.15. The first kappa shape index (κ1) is 19.3. The van der Waals surface area contributed by atoms with E-state index in [0.29, 0.717) is 11.3 Å². The Morgan fingerprint density at radius 3 is 2.24 bits per heavy atom. The standard InChI is InChI=1S/C23H23FN2O3/c24-17-13-11-16(12-14-17)22(28)25(18-7-3-1-4-8-18)20-15-21(27)26(23(20)29)19-9-5-2-6-10-19/h2,5-6,9-14,18,20H,1,3-4,7-8,15H2. The molecule has 0 N–H and O–H groups in total. The Bertz CT molecular complexity index is 907. The van der Waals surface area contributed by atoms with Gasteiger partial charge in [-0.3, -0.25) is 14.4 Å². The molecule has 0 spiro atoms. The minimum atomic E-state index is -0.830. The topological polar surface area (TPSA) is 57.7 Å². The van der Waals surface area contributed by atoms with Crippen molar-refractivity contribution in [3.63, 3.8) is 0 Å². The molecule has 1 saturated carbocycles. The number of carbonyl (C=O) groups excluding carboxylic acids is 3. The summed E-state index contributed by atoms with van der Waals surface area (Å²) in [6, 6.07) is 13.2. The van der Waals surface area contributed by atoms with Crippen LogP contribution in [0.15, 0.2) is 54.6 Å². The summed E-state index contributed by atoms with van der Waals surface area (Å²) >= 11 is 0. The maximum Gasteiger partial charge on any atom is 0.257 e. The number of nitrogens with zero attached hydrogens (tertiary/aromatic N) is 2. The second-order valence-electron chi connectivity index (χ2n) is 7.63. The van der Waals surface area contributed by atoms with E-state index in [0.717, 1.165) is 32.1 Å². The molecule has 1 aliphatic heterocycles. The molecule has 1 aliphatic carbocycles. The largest absolute Gasteiger partial charge is 0.323 e. The van der Waals surface area contributed by atoms with Gasteiger partial charge in [-0.2, -0.15) is 0 Å². The molecule has 6 heteroatoms. The van der Waals surface area contributed by atoms with Gasteiger partial charge in [0.2, 0.25) is 5.91 Å². The van der Waals surface area contributed by atoms with Gasteiger partial charge in [-0.05, 0) is 49.2 Å². The molecule has 29 heavy (non-hydrogen) atoms. The van der Waals surface area contributed by atoms with Crippen LogP contribution in [0.1, 0.15) is 48.9 Å². The number of rotatable bonds is 4. The van der Waals surface area contributed by atoms with Crippen molar-refractivity contribution in [2.45, 2.75) is 50.6 Å². The predicted molar refractivity (Wildman–Crippen MR) is 107 cm³/mol. The zero-order chi connectivity index (χ0) is 20.4. The molecule has 1 heterocycles. The summed E-state index contributed by atoms with van der Waals surface area (Å²) in [7, 11) is 0. The van der Waals surface area contributed by atoms with Gasteiger partial charge < -0.3 is 4.90 Å². The Labute approximate surface area is 169 Å². The number of imide groups is 1. The number of anilines is 1. The minimum Gasteiger partial charge on any atom is -0.323 e. The van der Waals surface area contributed by atoms with Gasteiger partial charge in [0.25, 0.3) is 11.8 Å². The van der Waals surface area contributed by atoms with Gasteiger partial charge in [0.1, 0.15) is 11.9 Å². The first-order valence-corrected chi connectivity index (χ1v) is 10.1. The van der Waals surface area contributed by atoms with E-state index < -0.39 is 11.9 Å². The van der Waals surface area contributed by atoms with Crippen molar-refractivity contribution in [3.05, 3.63) is 66.0 Å². The first-order valence-electron chi connectivity index (χ1n) is 10.1. The van der Waals surface area contributed by atoms with E-state index in [2.05, 4.69) is 0 Å². The van der Waals surface area contributed by atoms with Crippen LogP contribution < -0.4 is 4.90 Å². The first-order chi connectivity index (χ1) is 14.1. The van der Waals surface area contributed by atoms with Gasteiger partial charge in [-0.1, -0.05) is 37.5 Å². The van der Waals surface area contributed by atoms with Crippen LogP contribution in [0.5, 0.6) is 0 Å². The Morgan fingerprint density at radius 2 is 1.59 bits per heavy atom. The van der Waals surface area contributed by atoms with Crippen LogP contribution >= 0.6 is 0 Å². The molecule has 1 atom stereocenters. The molecule has 0 bridgehead atoms. The number of hydrogen-bond donors (Lipinski definition) is 0. The molecule has 2 aromatic rings. The Hall–Kier alpha value is -3.02. The van der Waals surface area contributed by atoms with Gasteiger partial charge in [0.15, 0.2) is 0 Å². The van der Waals surface area contributed by atoms with Gasteiger partial charge >= 0.3 is 0 Å². The van der Waals surface area contributed by atoms with Crippen LogP contribution in [0, 0.1) is 5.82 Å². The van der Waals surface area contributed by atoms with Crippen LogP contribution in [-0.4, -0.2) is 34.7 Å². The highest BCUT2D eigenvalue weighted by molar-refractivity contribution is 6.23. The lowest BCUT2D eigenvalue weighted by Crippen LogP contribution is -2.51. The lowest BCUT2D eigenvalue weighted by Gasteiger charge is -2.37. The summed E-state index contributed by atoms with van der Waals surface area (Å²) in [5.74, 6) is -1.42. The summed E-state index contributed by atoms with van der Waals surface area (Å²) in [5, 5.41) is 0. The third-order valence-electron chi connectivity index (χ3n) is 5.77. The summed E-state index contributed by atoms with van der Waals surface area (Å²) < 4.78 is 13.3. The van der Waals surface area contributed by atoms with E-state index in [-0.39, 0.29) is 30.2 Å². The molecule has 0 aromatic heterocycles. The van der Waals surface area contributed by atoms with Gasteiger partial charge in [-0.15, -0.1) is 0 Å². The minimum absolute atomic E-state index is 0.0306. The van der Waals surface area contributed by atoms with Crippen molar-refractivity contribution in [2.24, 2.45) is 0 Å². The average molecular weight is 394 g/mol. The second-order valence-corrected chi connectivity index (χ2v) is 7.63. The Morgan fingerprint density at radius 1 is 0.931 bits per heavy atom. The molecule has 0 radical (unpaired) electrons. The third-order valence-corrected chi connectivity index (χ3v) is 5.77. The SMILES string of the molecule is O=C1CC(N(C(=O)c2ccc(F)cc2)C2CCCCC2)C(=O)N1c1ccccc1. The summed E-state index contributed by atoms with van der Waals surface area (Å²) in [4.78, 5) is 42.1. The Balaban J connectivity index is 1.67. The monoisotopic (exact) mass is 394 g/mol. The van der Waals surface area contributed by atoms with Gasteiger partial charge in [0.05, 0.1) is 12.1 Å². The smallest absolute Gasteiger partial charge is 0.257 e. The van der Waals surface area contributed by atoms with Crippen molar-refractivity contribution in [3.8, 4) is 0 Å². The molecule has 1 saturated heterocycles. The van der Waals surface area contributed by atoms with Crippen molar-refractivity contribution in [2.75, 3.05) is 4.90 Å². The molecule has 3 amide bonds. The van der Waals surface area contributed by atoms with E-state index in [9.17, 15) is 18.8 Å². The predicted octanol–water partition coefficient (Wildman–Crippen LogP) is 3.93. The van der Waals surface area contributed by atoms with Gasteiger partial charge in [0, 0.05) is 11.6 Å². The number of para-hydroxylation sites is 1. The van der Waals surface area contributed by atoms with E-state index in [1.165, 1.54) is 29.2 Å². The highest BCUT2D eigenvalue weighted by atomic mass is 19.1. The molecule has 2 aromatic carbocycles. The molecular formula is C23H23FN2O3. The normalized spacial score (nSPS) is 20.2. The van der Waals surface area contributed by atoms with E-state index >= 15 is 0 Å². The summed E-state index contributed by atoms with van der Waals surface area (Å²) in [6.45, 7) is 0. The number of hydrogen-bond acceptors (Lipinski definition) is 3. The number of carbonyl (C=O) groups is 3. The van der Waals surface area contributed by atoms with Crippen molar-refractivity contribution < 1.29 is 18.8 Å². The van der Waals surface area contributed by atoms with Gasteiger partial charge in [-0.25, -0.2) is 9.29 Å². The molecule has 1 unspecified atom stereocenters. The molecule has 2 aliphatic rings. The number of amides is 3. The van der Waals surface area contributed by atoms with Crippen LogP contribution in [-0.2, 0) is 9.59 Å². The highest BCUT2D eigenvalue weighted by Crippen LogP contribution is 2.32. The lowest BCUT2D eigenvalue weighted by atomic mass is 9.92. The van der Waals surface area contributed by atoms with E-state index in [1.807, 2.05) is 6.07 Å². The number of halogens is 1. The van der Waals surface area contributed by atoms with Crippen LogP contribution in [0.2, 0.25) is 0 Å². The Kier molecular flexibility index (Phi) is 5.43. The average Bonchev–Trinajstić information content (AvgIpc) is 3.04.